The number of aldehydes is 1. The van der Waals surface area contributed by atoms with Crippen LogP contribution in [0.5, 0.6) is 0 Å². The summed E-state index contributed by atoms with van der Waals surface area (Å²) in [5.74, 6) is 0. The van der Waals surface area contributed by atoms with Gasteiger partial charge in [0.2, 0.25) is 0 Å². The minimum absolute atomic E-state index is 0.173. The fourth-order valence-electron chi connectivity index (χ4n) is 2.10. The molecule has 1 aromatic rings. The largest absolute Gasteiger partial charge is 0.301 e. The monoisotopic (exact) mass is 282 g/mol. The maximum atomic E-state index is 11.2. The van der Waals surface area contributed by atoms with Crippen molar-refractivity contribution in [3.05, 3.63) is 28.5 Å². The third kappa shape index (κ3) is 2.68. The first-order valence-corrected chi connectivity index (χ1v) is 6.41. The van der Waals surface area contributed by atoms with Gasteiger partial charge in [-0.25, -0.2) is 0 Å². The molecule has 1 aliphatic heterocycles. The summed E-state index contributed by atoms with van der Waals surface area (Å²) < 4.78 is 0.944. The molecular formula is C12H15BrN2O. The highest BCUT2D eigenvalue weighted by Gasteiger charge is 2.22. The second-order valence-corrected chi connectivity index (χ2v) is 4.99. The van der Waals surface area contributed by atoms with Gasteiger partial charge in [-0.15, -0.1) is 0 Å². The van der Waals surface area contributed by atoms with Gasteiger partial charge in [-0.2, -0.15) is 0 Å². The quantitative estimate of drug-likeness (QED) is 0.799. The SMILES string of the molecule is O=C[C@H](c1ccc(Br)cn1)N1CCCCC1. The van der Waals surface area contributed by atoms with Gasteiger partial charge in [-0.1, -0.05) is 6.42 Å². The first kappa shape index (κ1) is 11.7. The van der Waals surface area contributed by atoms with Gasteiger partial charge in [-0.3, -0.25) is 9.88 Å². The van der Waals surface area contributed by atoms with E-state index in [2.05, 4.69) is 25.8 Å². The zero-order valence-electron chi connectivity index (χ0n) is 9.10. The van der Waals surface area contributed by atoms with E-state index in [1.54, 1.807) is 6.20 Å². The number of rotatable bonds is 3. The average Bonchev–Trinajstić information content (AvgIpc) is 2.34. The van der Waals surface area contributed by atoms with Crippen LogP contribution < -0.4 is 0 Å². The Hall–Kier alpha value is -0.740. The normalized spacial score (nSPS) is 19.3. The molecular weight excluding hydrogens is 268 g/mol. The Balaban J connectivity index is 2.14. The summed E-state index contributed by atoms with van der Waals surface area (Å²) in [6.45, 7) is 2.00. The van der Waals surface area contributed by atoms with Crippen LogP contribution in [-0.4, -0.2) is 29.3 Å². The summed E-state index contributed by atoms with van der Waals surface area (Å²) in [5, 5.41) is 0. The van der Waals surface area contributed by atoms with Crippen molar-refractivity contribution in [3.8, 4) is 0 Å². The van der Waals surface area contributed by atoms with E-state index in [0.717, 1.165) is 29.5 Å². The lowest BCUT2D eigenvalue weighted by Crippen LogP contribution is -2.34. The third-order valence-electron chi connectivity index (χ3n) is 2.97. The Kier molecular flexibility index (Phi) is 4.07. The number of halogens is 1. The van der Waals surface area contributed by atoms with Crippen LogP contribution in [0, 0.1) is 0 Å². The molecule has 4 heteroatoms. The van der Waals surface area contributed by atoms with Crippen LogP contribution >= 0.6 is 15.9 Å². The van der Waals surface area contributed by atoms with E-state index in [-0.39, 0.29) is 6.04 Å². The van der Waals surface area contributed by atoms with Crippen molar-refractivity contribution in [1.82, 2.24) is 9.88 Å². The summed E-state index contributed by atoms with van der Waals surface area (Å²) in [6, 6.07) is 3.67. The fourth-order valence-corrected chi connectivity index (χ4v) is 2.34. The molecule has 0 aromatic carbocycles. The third-order valence-corrected chi connectivity index (χ3v) is 3.44. The molecule has 2 rings (SSSR count). The number of carbonyl (C=O) groups excluding carboxylic acids is 1. The average molecular weight is 283 g/mol. The van der Waals surface area contributed by atoms with E-state index < -0.39 is 0 Å². The number of pyridine rings is 1. The number of carbonyl (C=O) groups is 1. The van der Waals surface area contributed by atoms with Gasteiger partial charge in [0, 0.05) is 10.7 Å². The van der Waals surface area contributed by atoms with Gasteiger partial charge in [-0.05, 0) is 54.0 Å². The number of piperidine rings is 1. The van der Waals surface area contributed by atoms with Crippen molar-refractivity contribution in [2.75, 3.05) is 13.1 Å². The van der Waals surface area contributed by atoms with Gasteiger partial charge >= 0.3 is 0 Å². The second-order valence-electron chi connectivity index (χ2n) is 4.08. The first-order valence-electron chi connectivity index (χ1n) is 5.62. The molecule has 1 fully saturated rings. The zero-order chi connectivity index (χ0) is 11.4. The van der Waals surface area contributed by atoms with Crippen LogP contribution in [0.25, 0.3) is 0 Å². The lowest BCUT2D eigenvalue weighted by molar-refractivity contribution is -0.113. The van der Waals surface area contributed by atoms with Gasteiger partial charge in [0.15, 0.2) is 0 Å². The summed E-state index contributed by atoms with van der Waals surface area (Å²) in [5.41, 5.74) is 0.847. The summed E-state index contributed by atoms with van der Waals surface area (Å²) in [7, 11) is 0. The minimum Gasteiger partial charge on any atom is -0.301 e. The number of hydrogen-bond acceptors (Lipinski definition) is 3. The highest BCUT2D eigenvalue weighted by atomic mass is 79.9. The van der Waals surface area contributed by atoms with Crippen molar-refractivity contribution in [2.24, 2.45) is 0 Å². The molecule has 0 amide bonds. The molecule has 0 radical (unpaired) electrons. The molecule has 1 aromatic heterocycles. The van der Waals surface area contributed by atoms with E-state index in [4.69, 9.17) is 0 Å². The summed E-state index contributed by atoms with van der Waals surface area (Å²) in [4.78, 5) is 17.7. The summed E-state index contributed by atoms with van der Waals surface area (Å²) >= 11 is 3.35. The van der Waals surface area contributed by atoms with E-state index in [9.17, 15) is 4.79 Å². The Morgan fingerprint density at radius 1 is 1.31 bits per heavy atom. The van der Waals surface area contributed by atoms with Gasteiger partial charge < -0.3 is 4.79 Å². The van der Waals surface area contributed by atoms with Crippen molar-refractivity contribution in [3.63, 3.8) is 0 Å². The fraction of sp³-hybridized carbons (Fsp3) is 0.500. The van der Waals surface area contributed by atoms with E-state index in [1.165, 1.54) is 19.3 Å². The molecule has 0 aliphatic carbocycles. The minimum atomic E-state index is -0.173. The predicted octanol–water partition coefficient (Wildman–Crippen LogP) is 2.57. The molecule has 3 nitrogen and oxygen atoms in total. The number of aromatic nitrogens is 1. The zero-order valence-corrected chi connectivity index (χ0v) is 10.7. The molecule has 1 aliphatic rings. The Morgan fingerprint density at radius 3 is 2.62 bits per heavy atom. The van der Waals surface area contributed by atoms with E-state index >= 15 is 0 Å². The van der Waals surface area contributed by atoms with Crippen molar-refractivity contribution < 1.29 is 4.79 Å². The first-order chi connectivity index (χ1) is 7.81. The highest BCUT2D eigenvalue weighted by molar-refractivity contribution is 9.10. The van der Waals surface area contributed by atoms with Crippen LogP contribution in [0.1, 0.15) is 31.0 Å². The van der Waals surface area contributed by atoms with Crippen molar-refractivity contribution in [2.45, 2.75) is 25.3 Å². The van der Waals surface area contributed by atoms with Crippen LogP contribution in [0.15, 0.2) is 22.8 Å². The molecule has 2 heterocycles. The van der Waals surface area contributed by atoms with Gasteiger partial charge in [0.25, 0.3) is 0 Å². The second kappa shape index (κ2) is 5.55. The molecule has 1 atom stereocenters. The Labute approximate surface area is 104 Å². The molecule has 86 valence electrons. The van der Waals surface area contributed by atoms with Crippen molar-refractivity contribution in [1.29, 1.82) is 0 Å². The molecule has 16 heavy (non-hydrogen) atoms. The number of likely N-dealkylation sites (tertiary alicyclic amines) is 1. The number of hydrogen-bond donors (Lipinski definition) is 0. The van der Waals surface area contributed by atoms with Crippen LogP contribution in [0.3, 0.4) is 0 Å². The standard InChI is InChI=1S/C12H15BrN2O/c13-10-4-5-11(14-8-10)12(9-16)15-6-2-1-3-7-15/h4-5,8-9,12H,1-3,6-7H2/t12-/m1/s1. The topological polar surface area (TPSA) is 33.2 Å². The summed E-state index contributed by atoms with van der Waals surface area (Å²) in [6.07, 6.45) is 6.38. The van der Waals surface area contributed by atoms with E-state index in [1.807, 2.05) is 12.1 Å². The van der Waals surface area contributed by atoms with Crippen LogP contribution in [0.4, 0.5) is 0 Å². The number of nitrogens with zero attached hydrogens (tertiary/aromatic N) is 2. The Bertz CT molecular complexity index is 347. The molecule has 0 bridgehead atoms. The van der Waals surface area contributed by atoms with Crippen molar-refractivity contribution >= 4 is 22.2 Å². The lowest BCUT2D eigenvalue weighted by atomic mass is 10.1. The molecule has 0 N–H and O–H groups in total. The predicted molar refractivity (Wildman–Crippen MR) is 66.2 cm³/mol. The molecule has 0 unspecified atom stereocenters. The molecule has 1 saturated heterocycles. The maximum Gasteiger partial charge on any atom is 0.143 e. The lowest BCUT2D eigenvalue weighted by Gasteiger charge is -2.30. The van der Waals surface area contributed by atoms with Gasteiger partial charge in [0.05, 0.1) is 5.69 Å². The molecule has 0 spiro atoms. The van der Waals surface area contributed by atoms with Crippen LogP contribution in [0.2, 0.25) is 0 Å². The molecule has 0 saturated carbocycles. The Morgan fingerprint density at radius 2 is 2.06 bits per heavy atom. The van der Waals surface area contributed by atoms with E-state index in [0.29, 0.717) is 0 Å². The highest BCUT2D eigenvalue weighted by Crippen LogP contribution is 2.22. The maximum absolute atomic E-state index is 11.2. The van der Waals surface area contributed by atoms with Crippen LogP contribution in [-0.2, 0) is 4.79 Å². The van der Waals surface area contributed by atoms with Gasteiger partial charge in [0.1, 0.15) is 12.3 Å². The smallest absolute Gasteiger partial charge is 0.143 e.